The molecular formula is C15H12BrN3OS. The number of benzene rings is 1. The molecule has 0 radical (unpaired) electrons. The third-order valence-corrected chi connectivity index (χ3v) is 5.23. The highest BCUT2D eigenvalue weighted by molar-refractivity contribution is 9.10. The highest BCUT2D eigenvalue weighted by atomic mass is 79.9. The lowest BCUT2D eigenvalue weighted by Gasteiger charge is -2.19. The molecule has 1 aromatic carbocycles. The fraction of sp³-hybridized carbons (Fsp3) is 0.200. The number of hydrogen-bond acceptors (Lipinski definition) is 5. The smallest absolute Gasteiger partial charge is 0.258 e. The summed E-state index contributed by atoms with van der Waals surface area (Å²) in [6, 6.07) is 8.18. The summed E-state index contributed by atoms with van der Waals surface area (Å²) in [6.45, 7) is 1.02. The first-order valence-corrected chi connectivity index (χ1v) is 8.43. The van der Waals surface area contributed by atoms with E-state index in [1.54, 1.807) is 11.3 Å². The van der Waals surface area contributed by atoms with Gasteiger partial charge in [-0.15, -0.1) is 11.3 Å². The Hall–Kier alpha value is -1.66. The lowest BCUT2D eigenvalue weighted by Crippen LogP contribution is -2.12. The molecule has 3 heterocycles. The Morgan fingerprint density at radius 3 is 3.14 bits per heavy atom. The molecule has 3 aromatic rings. The second kappa shape index (κ2) is 5.27. The molecule has 106 valence electrons. The highest BCUT2D eigenvalue weighted by Gasteiger charge is 2.18. The van der Waals surface area contributed by atoms with Gasteiger partial charge in [-0.2, -0.15) is 4.98 Å². The van der Waals surface area contributed by atoms with Gasteiger partial charge in [-0.1, -0.05) is 11.2 Å². The minimum Gasteiger partial charge on any atom is -0.385 e. The SMILES string of the molecule is Brc1csc(-c2noc(-c3cccc4c3CCCN4)n2)c1. The number of nitrogens with zero attached hydrogens (tertiary/aromatic N) is 2. The van der Waals surface area contributed by atoms with Gasteiger partial charge in [-0.3, -0.25) is 0 Å². The fourth-order valence-corrected chi connectivity index (χ4v) is 3.93. The summed E-state index contributed by atoms with van der Waals surface area (Å²) >= 11 is 5.04. The summed E-state index contributed by atoms with van der Waals surface area (Å²) in [6.07, 6.45) is 2.17. The number of rotatable bonds is 2. The maximum atomic E-state index is 5.48. The van der Waals surface area contributed by atoms with Crippen molar-refractivity contribution in [1.29, 1.82) is 0 Å². The summed E-state index contributed by atoms with van der Waals surface area (Å²) in [7, 11) is 0. The molecule has 6 heteroatoms. The topological polar surface area (TPSA) is 51.0 Å². The van der Waals surface area contributed by atoms with Crippen molar-refractivity contribution in [3.8, 4) is 22.2 Å². The average Bonchev–Trinajstić information content (AvgIpc) is 3.15. The number of halogens is 1. The molecule has 21 heavy (non-hydrogen) atoms. The van der Waals surface area contributed by atoms with Crippen molar-refractivity contribution in [1.82, 2.24) is 10.1 Å². The second-order valence-corrected chi connectivity index (χ2v) is 6.74. The third-order valence-electron chi connectivity index (χ3n) is 3.54. The quantitative estimate of drug-likeness (QED) is 0.725. The minimum atomic E-state index is 0.593. The lowest BCUT2D eigenvalue weighted by atomic mass is 9.97. The van der Waals surface area contributed by atoms with Crippen LogP contribution in [0.15, 0.2) is 38.6 Å². The third kappa shape index (κ3) is 2.38. The number of anilines is 1. The van der Waals surface area contributed by atoms with E-state index in [1.807, 2.05) is 23.6 Å². The number of fused-ring (bicyclic) bond motifs is 1. The Kier molecular flexibility index (Phi) is 3.27. The molecule has 1 N–H and O–H groups in total. The van der Waals surface area contributed by atoms with Crippen LogP contribution in [0.2, 0.25) is 0 Å². The van der Waals surface area contributed by atoms with Gasteiger partial charge in [0.25, 0.3) is 5.89 Å². The first-order chi connectivity index (χ1) is 10.3. The van der Waals surface area contributed by atoms with Gasteiger partial charge in [0.2, 0.25) is 5.82 Å². The summed E-state index contributed by atoms with van der Waals surface area (Å²) in [4.78, 5) is 5.56. The monoisotopic (exact) mass is 361 g/mol. The van der Waals surface area contributed by atoms with E-state index < -0.39 is 0 Å². The molecule has 0 aliphatic carbocycles. The van der Waals surface area contributed by atoms with Gasteiger partial charge in [-0.25, -0.2) is 0 Å². The van der Waals surface area contributed by atoms with Gasteiger partial charge >= 0.3 is 0 Å². The molecule has 0 saturated carbocycles. The van der Waals surface area contributed by atoms with Crippen molar-refractivity contribution >= 4 is 33.0 Å². The van der Waals surface area contributed by atoms with Crippen LogP contribution in [0.3, 0.4) is 0 Å². The van der Waals surface area contributed by atoms with Crippen molar-refractivity contribution in [2.24, 2.45) is 0 Å². The number of thiophene rings is 1. The summed E-state index contributed by atoms with van der Waals surface area (Å²) in [5, 5.41) is 9.54. The summed E-state index contributed by atoms with van der Waals surface area (Å²) < 4.78 is 6.52. The summed E-state index contributed by atoms with van der Waals surface area (Å²) in [5.41, 5.74) is 3.48. The van der Waals surface area contributed by atoms with Gasteiger partial charge in [0, 0.05) is 27.6 Å². The van der Waals surface area contributed by atoms with E-state index >= 15 is 0 Å². The zero-order valence-corrected chi connectivity index (χ0v) is 13.5. The van der Waals surface area contributed by atoms with Crippen LogP contribution in [-0.2, 0) is 6.42 Å². The molecule has 0 amide bonds. The predicted octanol–water partition coefficient (Wildman–Crippen LogP) is 4.59. The Labute approximate surface area is 134 Å². The first-order valence-electron chi connectivity index (χ1n) is 6.75. The molecule has 0 atom stereocenters. The van der Waals surface area contributed by atoms with E-state index in [2.05, 4.69) is 37.5 Å². The van der Waals surface area contributed by atoms with Crippen LogP contribution >= 0.6 is 27.3 Å². The lowest BCUT2D eigenvalue weighted by molar-refractivity contribution is 0.432. The molecule has 4 rings (SSSR count). The minimum absolute atomic E-state index is 0.593. The Bertz CT molecular complexity index is 796. The largest absolute Gasteiger partial charge is 0.385 e. The molecule has 0 spiro atoms. The van der Waals surface area contributed by atoms with Gasteiger partial charge in [-0.05, 0) is 52.5 Å². The number of hydrogen-bond donors (Lipinski definition) is 1. The highest BCUT2D eigenvalue weighted by Crippen LogP contribution is 2.34. The van der Waals surface area contributed by atoms with Crippen LogP contribution in [0.4, 0.5) is 5.69 Å². The van der Waals surface area contributed by atoms with Gasteiger partial charge in [0.1, 0.15) is 0 Å². The summed E-state index contributed by atoms with van der Waals surface area (Å²) in [5.74, 6) is 1.23. The zero-order valence-electron chi connectivity index (χ0n) is 11.1. The maximum Gasteiger partial charge on any atom is 0.258 e. The number of nitrogens with one attached hydrogen (secondary N) is 1. The molecule has 0 unspecified atom stereocenters. The molecule has 0 bridgehead atoms. The normalized spacial score (nSPS) is 13.8. The van der Waals surface area contributed by atoms with Crippen molar-refractivity contribution in [2.75, 3.05) is 11.9 Å². The number of aromatic nitrogens is 2. The molecule has 2 aromatic heterocycles. The van der Waals surface area contributed by atoms with E-state index in [-0.39, 0.29) is 0 Å². The van der Waals surface area contributed by atoms with Crippen molar-refractivity contribution in [3.63, 3.8) is 0 Å². The maximum absolute atomic E-state index is 5.48. The molecule has 4 nitrogen and oxygen atoms in total. The van der Waals surface area contributed by atoms with Crippen LogP contribution in [0.1, 0.15) is 12.0 Å². The Morgan fingerprint density at radius 2 is 2.29 bits per heavy atom. The molecule has 1 aliphatic heterocycles. The molecule has 1 aliphatic rings. The van der Waals surface area contributed by atoms with Crippen molar-refractivity contribution in [3.05, 3.63) is 39.7 Å². The first kappa shape index (κ1) is 13.0. The predicted molar refractivity (Wildman–Crippen MR) is 87.6 cm³/mol. The van der Waals surface area contributed by atoms with E-state index in [9.17, 15) is 0 Å². The van der Waals surface area contributed by atoms with Crippen molar-refractivity contribution < 1.29 is 4.52 Å². The molecule has 0 saturated heterocycles. The second-order valence-electron chi connectivity index (χ2n) is 4.91. The van der Waals surface area contributed by atoms with E-state index in [4.69, 9.17) is 4.52 Å². The molecular weight excluding hydrogens is 350 g/mol. The van der Waals surface area contributed by atoms with E-state index in [0.29, 0.717) is 11.7 Å². The van der Waals surface area contributed by atoms with Crippen molar-refractivity contribution in [2.45, 2.75) is 12.8 Å². The molecule has 0 fully saturated rings. The van der Waals surface area contributed by atoms with Gasteiger partial charge in [0.05, 0.1) is 4.88 Å². The van der Waals surface area contributed by atoms with Crippen LogP contribution in [0.25, 0.3) is 22.2 Å². The standard InChI is InChI=1S/C15H12BrN3OS/c16-9-7-13(21-8-9)14-18-15(20-19-14)11-3-1-5-12-10(11)4-2-6-17-12/h1,3,5,7-8,17H,2,4,6H2. The van der Waals surface area contributed by atoms with E-state index in [1.165, 1.54) is 11.3 Å². The van der Waals surface area contributed by atoms with Crippen LogP contribution < -0.4 is 5.32 Å². The Morgan fingerprint density at radius 1 is 1.33 bits per heavy atom. The van der Waals surface area contributed by atoms with Gasteiger partial charge < -0.3 is 9.84 Å². The zero-order chi connectivity index (χ0) is 14.2. The fourth-order valence-electron chi connectivity index (χ4n) is 2.57. The van der Waals surface area contributed by atoms with Crippen LogP contribution in [-0.4, -0.2) is 16.7 Å². The van der Waals surface area contributed by atoms with E-state index in [0.717, 1.165) is 34.3 Å². The van der Waals surface area contributed by atoms with Crippen LogP contribution in [0.5, 0.6) is 0 Å². The van der Waals surface area contributed by atoms with Gasteiger partial charge in [0.15, 0.2) is 0 Å². The average molecular weight is 362 g/mol. The van der Waals surface area contributed by atoms with Crippen LogP contribution in [0, 0.1) is 0 Å². The Balaban J connectivity index is 1.76.